The number of aliphatic carboxylic acids is 1. The van der Waals surface area contributed by atoms with Crippen LogP contribution in [0.4, 0.5) is 4.79 Å². The van der Waals surface area contributed by atoms with Crippen LogP contribution in [0.5, 0.6) is 0 Å². The first-order valence-electron chi connectivity index (χ1n) is 5.87. The Bertz CT molecular complexity index is 397. The van der Waals surface area contributed by atoms with Crippen molar-refractivity contribution in [2.75, 3.05) is 18.6 Å². The Labute approximate surface area is 115 Å². The number of thioether (sulfide) groups is 1. The Morgan fingerprint density at radius 1 is 1.53 bits per heavy atom. The first kappa shape index (κ1) is 15.4. The van der Waals surface area contributed by atoms with Crippen molar-refractivity contribution in [2.45, 2.75) is 19.0 Å². The minimum Gasteiger partial charge on any atom is -0.480 e. The first-order valence-corrected chi connectivity index (χ1v) is 7.26. The molecule has 2 amide bonds. The second kappa shape index (κ2) is 8.41. The van der Waals surface area contributed by atoms with Gasteiger partial charge >= 0.3 is 12.0 Å². The molecule has 0 saturated heterocycles. The van der Waals surface area contributed by atoms with Crippen LogP contribution in [0.1, 0.15) is 6.42 Å². The third-order valence-electron chi connectivity index (χ3n) is 2.40. The standard InChI is InChI=1S/C11H18N4O3S/c1-19-8-3-9(10(16)17)14-11(18)12-5-7-15-6-2-4-13-15/h2,4,6,9H,3,5,7-8H2,1H3,(H,16,17)(H2,12,14,18)/t9-/m0/s1. The van der Waals surface area contributed by atoms with Gasteiger partial charge in [-0.25, -0.2) is 9.59 Å². The SMILES string of the molecule is CSCC[C@H](NC(=O)NCCn1cccn1)C(=O)O. The highest BCUT2D eigenvalue weighted by molar-refractivity contribution is 7.98. The van der Waals surface area contributed by atoms with E-state index in [4.69, 9.17) is 5.11 Å². The monoisotopic (exact) mass is 286 g/mol. The van der Waals surface area contributed by atoms with Crippen LogP contribution in [0.3, 0.4) is 0 Å². The van der Waals surface area contributed by atoms with Gasteiger partial charge in [0.1, 0.15) is 6.04 Å². The number of carbonyl (C=O) groups excluding carboxylic acids is 1. The van der Waals surface area contributed by atoms with Crippen LogP contribution >= 0.6 is 11.8 Å². The van der Waals surface area contributed by atoms with E-state index in [1.165, 1.54) is 0 Å². The second-order valence-corrected chi connectivity index (χ2v) is 4.83. The summed E-state index contributed by atoms with van der Waals surface area (Å²) in [5.41, 5.74) is 0. The molecule has 1 atom stereocenters. The molecule has 106 valence electrons. The zero-order valence-corrected chi connectivity index (χ0v) is 11.5. The van der Waals surface area contributed by atoms with Gasteiger partial charge in [0.25, 0.3) is 0 Å². The molecule has 1 aromatic heterocycles. The lowest BCUT2D eigenvalue weighted by Gasteiger charge is -2.14. The zero-order valence-electron chi connectivity index (χ0n) is 10.7. The number of rotatable bonds is 8. The van der Waals surface area contributed by atoms with E-state index in [2.05, 4.69) is 15.7 Å². The van der Waals surface area contributed by atoms with E-state index >= 15 is 0 Å². The van der Waals surface area contributed by atoms with Crippen molar-refractivity contribution in [2.24, 2.45) is 0 Å². The summed E-state index contributed by atoms with van der Waals surface area (Å²) in [7, 11) is 0. The maximum atomic E-state index is 11.5. The normalized spacial score (nSPS) is 11.8. The number of hydrogen-bond donors (Lipinski definition) is 3. The molecule has 1 aromatic rings. The lowest BCUT2D eigenvalue weighted by atomic mass is 10.2. The van der Waals surface area contributed by atoms with Crippen molar-refractivity contribution in [1.82, 2.24) is 20.4 Å². The molecule has 0 aromatic carbocycles. The molecule has 0 aliphatic heterocycles. The zero-order chi connectivity index (χ0) is 14.1. The van der Waals surface area contributed by atoms with Gasteiger partial charge in [-0.1, -0.05) is 0 Å². The van der Waals surface area contributed by atoms with Gasteiger partial charge in [0, 0.05) is 18.9 Å². The topological polar surface area (TPSA) is 96.3 Å². The third-order valence-corrected chi connectivity index (χ3v) is 3.04. The van der Waals surface area contributed by atoms with E-state index < -0.39 is 18.0 Å². The van der Waals surface area contributed by atoms with Crippen LogP contribution in [-0.4, -0.2) is 51.5 Å². The van der Waals surface area contributed by atoms with Crippen LogP contribution in [-0.2, 0) is 11.3 Å². The van der Waals surface area contributed by atoms with Crippen molar-refractivity contribution in [1.29, 1.82) is 0 Å². The summed E-state index contributed by atoms with van der Waals surface area (Å²) in [6, 6.07) is 0.473. The van der Waals surface area contributed by atoms with E-state index in [1.54, 1.807) is 34.9 Å². The molecule has 3 N–H and O–H groups in total. The smallest absolute Gasteiger partial charge is 0.326 e. The fraction of sp³-hybridized carbons (Fsp3) is 0.545. The van der Waals surface area contributed by atoms with E-state index in [0.29, 0.717) is 25.3 Å². The summed E-state index contributed by atoms with van der Waals surface area (Å²) in [4.78, 5) is 22.5. The number of urea groups is 1. The van der Waals surface area contributed by atoms with Gasteiger partial charge < -0.3 is 15.7 Å². The van der Waals surface area contributed by atoms with Gasteiger partial charge in [0.2, 0.25) is 0 Å². The first-order chi connectivity index (χ1) is 9.13. The van der Waals surface area contributed by atoms with Crippen molar-refractivity contribution in [3.05, 3.63) is 18.5 Å². The molecule has 0 unspecified atom stereocenters. The largest absolute Gasteiger partial charge is 0.480 e. The fourth-order valence-corrected chi connectivity index (χ4v) is 1.89. The minimum atomic E-state index is -1.02. The number of hydrogen-bond acceptors (Lipinski definition) is 4. The molecular weight excluding hydrogens is 268 g/mol. The molecule has 1 heterocycles. The van der Waals surface area contributed by atoms with Crippen molar-refractivity contribution < 1.29 is 14.7 Å². The van der Waals surface area contributed by atoms with Gasteiger partial charge in [0.05, 0.1) is 6.54 Å². The summed E-state index contributed by atoms with van der Waals surface area (Å²) in [5.74, 6) is -0.332. The van der Waals surface area contributed by atoms with Crippen molar-refractivity contribution >= 4 is 23.8 Å². The Balaban J connectivity index is 2.25. The summed E-state index contributed by atoms with van der Waals surface area (Å²) < 4.78 is 1.68. The summed E-state index contributed by atoms with van der Waals surface area (Å²) in [6.07, 6.45) is 5.74. The predicted molar refractivity (Wildman–Crippen MR) is 73.2 cm³/mol. The second-order valence-electron chi connectivity index (χ2n) is 3.84. The lowest BCUT2D eigenvalue weighted by molar-refractivity contribution is -0.139. The predicted octanol–water partition coefficient (Wildman–Crippen LogP) is 0.389. The highest BCUT2D eigenvalue weighted by Crippen LogP contribution is 2.00. The molecule has 8 heteroatoms. The Hall–Kier alpha value is -1.70. The molecule has 0 aliphatic rings. The number of nitrogens with zero attached hydrogens (tertiary/aromatic N) is 2. The molecule has 1 rings (SSSR count). The van der Waals surface area contributed by atoms with Crippen molar-refractivity contribution in [3.8, 4) is 0 Å². The average Bonchev–Trinajstić information content (AvgIpc) is 2.87. The Morgan fingerprint density at radius 3 is 2.89 bits per heavy atom. The lowest BCUT2D eigenvalue weighted by Crippen LogP contribution is -2.46. The van der Waals surface area contributed by atoms with Gasteiger partial charge in [-0.2, -0.15) is 16.9 Å². The summed E-state index contributed by atoms with van der Waals surface area (Å²) in [6.45, 7) is 0.936. The van der Waals surface area contributed by atoms with Gasteiger partial charge in [-0.05, 0) is 24.5 Å². The molecule has 0 fully saturated rings. The van der Waals surface area contributed by atoms with E-state index in [-0.39, 0.29) is 0 Å². The summed E-state index contributed by atoms with van der Waals surface area (Å²) >= 11 is 1.54. The third kappa shape index (κ3) is 6.14. The molecule has 0 spiro atoms. The highest BCUT2D eigenvalue weighted by Gasteiger charge is 2.18. The molecule has 0 aliphatic carbocycles. The minimum absolute atomic E-state index is 0.391. The quantitative estimate of drug-likeness (QED) is 0.642. The number of carboxylic acid groups (broad SMARTS) is 1. The molecule has 19 heavy (non-hydrogen) atoms. The molecule has 7 nitrogen and oxygen atoms in total. The molecule has 0 bridgehead atoms. The van der Waals surface area contributed by atoms with Crippen molar-refractivity contribution in [3.63, 3.8) is 0 Å². The molecule has 0 saturated carbocycles. The van der Waals surface area contributed by atoms with E-state index in [0.717, 1.165) is 0 Å². The molecular formula is C11H18N4O3S. The number of aromatic nitrogens is 2. The van der Waals surface area contributed by atoms with Gasteiger partial charge in [0.15, 0.2) is 0 Å². The number of carbonyl (C=O) groups is 2. The molecule has 0 radical (unpaired) electrons. The fourth-order valence-electron chi connectivity index (χ4n) is 1.42. The number of amides is 2. The average molecular weight is 286 g/mol. The van der Waals surface area contributed by atoms with Crippen LogP contribution in [0.25, 0.3) is 0 Å². The van der Waals surface area contributed by atoms with E-state index in [1.807, 2.05) is 6.26 Å². The van der Waals surface area contributed by atoms with E-state index in [9.17, 15) is 9.59 Å². The van der Waals surface area contributed by atoms with Crippen LogP contribution in [0.15, 0.2) is 18.5 Å². The van der Waals surface area contributed by atoms with Gasteiger partial charge in [-0.3, -0.25) is 4.68 Å². The van der Waals surface area contributed by atoms with Crippen LogP contribution < -0.4 is 10.6 Å². The van der Waals surface area contributed by atoms with Gasteiger partial charge in [-0.15, -0.1) is 0 Å². The Morgan fingerprint density at radius 2 is 2.32 bits per heavy atom. The maximum Gasteiger partial charge on any atom is 0.326 e. The maximum absolute atomic E-state index is 11.5. The number of carboxylic acids is 1. The van der Waals surface area contributed by atoms with Crippen LogP contribution in [0.2, 0.25) is 0 Å². The Kier molecular flexibility index (Phi) is 6.80. The van der Waals surface area contributed by atoms with Crippen LogP contribution in [0, 0.1) is 0 Å². The number of nitrogens with one attached hydrogen (secondary N) is 2. The summed E-state index contributed by atoms with van der Waals surface area (Å²) in [5, 5.41) is 18.0. The highest BCUT2D eigenvalue weighted by atomic mass is 32.2.